The number of piperazine rings is 1. The fourth-order valence-corrected chi connectivity index (χ4v) is 2.66. The second kappa shape index (κ2) is 7.09. The maximum absolute atomic E-state index is 12.6. The predicted octanol–water partition coefficient (Wildman–Crippen LogP) is 2.72. The van der Waals surface area contributed by atoms with Gasteiger partial charge in [-0.25, -0.2) is 0 Å². The number of carbonyl (C=O) groups is 2. The third kappa shape index (κ3) is 3.74. The number of amides is 2. The monoisotopic (exact) mass is 282 g/mol. The summed E-state index contributed by atoms with van der Waals surface area (Å²) in [5.74, 6) is 0.162. The Hall–Kier alpha value is -1.06. The minimum atomic E-state index is -0.729. The summed E-state index contributed by atoms with van der Waals surface area (Å²) in [5.41, 5.74) is -0.729. The summed E-state index contributed by atoms with van der Waals surface area (Å²) in [6, 6.07) is -0.369. The molecule has 20 heavy (non-hydrogen) atoms. The fourth-order valence-electron chi connectivity index (χ4n) is 2.66. The van der Waals surface area contributed by atoms with E-state index in [0.717, 1.165) is 12.8 Å². The van der Waals surface area contributed by atoms with E-state index in [1.807, 2.05) is 27.7 Å². The van der Waals surface area contributed by atoms with Crippen LogP contribution in [0.15, 0.2) is 0 Å². The molecule has 4 nitrogen and oxygen atoms in total. The Kier molecular flexibility index (Phi) is 6.03. The number of hydrogen-bond acceptors (Lipinski definition) is 2. The molecule has 0 saturated carbocycles. The summed E-state index contributed by atoms with van der Waals surface area (Å²) >= 11 is 0. The Balaban J connectivity index is 2.67. The lowest BCUT2D eigenvalue weighted by Gasteiger charge is -2.45. The van der Waals surface area contributed by atoms with Gasteiger partial charge < -0.3 is 10.2 Å². The van der Waals surface area contributed by atoms with Crippen molar-refractivity contribution in [3.05, 3.63) is 0 Å². The summed E-state index contributed by atoms with van der Waals surface area (Å²) in [6.45, 7) is 10.5. The van der Waals surface area contributed by atoms with Crippen molar-refractivity contribution in [1.82, 2.24) is 10.2 Å². The third-order valence-electron chi connectivity index (χ3n) is 4.20. The first-order valence-corrected chi connectivity index (χ1v) is 7.94. The van der Waals surface area contributed by atoms with Crippen LogP contribution >= 0.6 is 0 Å². The van der Waals surface area contributed by atoms with Crippen LogP contribution in [0, 0.1) is 5.92 Å². The maximum Gasteiger partial charge on any atom is 0.246 e. The largest absolute Gasteiger partial charge is 0.342 e. The lowest BCUT2D eigenvalue weighted by atomic mass is 9.91. The van der Waals surface area contributed by atoms with Crippen LogP contribution in [0.4, 0.5) is 0 Å². The van der Waals surface area contributed by atoms with Crippen molar-refractivity contribution in [3.63, 3.8) is 0 Å². The Morgan fingerprint density at radius 3 is 2.30 bits per heavy atom. The van der Waals surface area contributed by atoms with Gasteiger partial charge in [-0.3, -0.25) is 9.59 Å². The Labute approximate surface area is 123 Å². The van der Waals surface area contributed by atoms with Crippen molar-refractivity contribution >= 4 is 11.8 Å². The van der Waals surface area contributed by atoms with Crippen molar-refractivity contribution in [2.45, 2.75) is 78.3 Å². The highest BCUT2D eigenvalue weighted by Gasteiger charge is 2.46. The molecule has 0 aromatic heterocycles. The molecular formula is C16H30N2O2. The quantitative estimate of drug-likeness (QED) is 0.730. The van der Waals surface area contributed by atoms with Crippen LogP contribution in [0.5, 0.6) is 0 Å². The van der Waals surface area contributed by atoms with Gasteiger partial charge in [0.15, 0.2) is 0 Å². The van der Waals surface area contributed by atoms with Crippen molar-refractivity contribution in [1.29, 1.82) is 0 Å². The van der Waals surface area contributed by atoms with E-state index in [1.54, 1.807) is 4.90 Å². The van der Waals surface area contributed by atoms with Gasteiger partial charge in [0.2, 0.25) is 11.8 Å². The van der Waals surface area contributed by atoms with Crippen LogP contribution in [-0.2, 0) is 9.59 Å². The summed E-state index contributed by atoms with van der Waals surface area (Å²) in [7, 11) is 0. The number of rotatable bonds is 7. The zero-order valence-corrected chi connectivity index (χ0v) is 13.7. The van der Waals surface area contributed by atoms with Gasteiger partial charge in [-0.05, 0) is 26.2 Å². The summed E-state index contributed by atoms with van der Waals surface area (Å²) in [6.07, 6.45) is 5.77. The normalized spacial score (nSPS) is 22.3. The van der Waals surface area contributed by atoms with Crippen molar-refractivity contribution in [3.8, 4) is 0 Å². The first-order valence-electron chi connectivity index (χ1n) is 7.94. The predicted molar refractivity (Wildman–Crippen MR) is 81.3 cm³/mol. The highest BCUT2D eigenvalue weighted by molar-refractivity contribution is 5.99. The molecule has 116 valence electrons. The van der Waals surface area contributed by atoms with Gasteiger partial charge in [0.25, 0.3) is 0 Å². The number of nitrogens with zero attached hydrogens (tertiary/aromatic N) is 1. The maximum atomic E-state index is 12.6. The molecule has 1 heterocycles. The van der Waals surface area contributed by atoms with Crippen LogP contribution in [0.3, 0.4) is 0 Å². The molecule has 1 N–H and O–H groups in total. The van der Waals surface area contributed by atoms with Gasteiger partial charge in [0, 0.05) is 6.54 Å². The minimum absolute atomic E-state index is 0.0376. The van der Waals surface area contributed by atoms with Gasteiger partial charge >= 0.3 is 0 Å². The Morgan fingerprint density at radius 2 is 1.75 bits per heavy atom. The minimum Gasteiger partial charge on any atom is -0.342 e. The van der Waals surface area contributed by atoms with Crippen LogP contribution in [0.1, 0.15) is 66.7 Å². The smallest absolute Gasteiger partial charge is 0.246 e. The van der Waals surface area contributed by atoms with E-state index in [0.29, 0.717) is 6.54 Å². The SMILES string of the molecule is CCCCCCCN1C(=O)C(C(C)C)NC(=O)C1(C)C. The molecule has 2 amide bonds. The van der Waals surface area contributed by atoms with Gasteiger partial charge in [-0.2, -0.15) is 0 Å². The van der Waals surface area contributed by atoms with Gasteiger partial charge in [-0.1, -0.05) is 46.5 Å². The fraction of sp³-hybridized carbons (Fsp3) is 0.875. The van der Waals surface area contributed by atoms with Crippen LogP contribution < -0.4 is 5.32 Å². The van der Waals surface area contributed by atoms with Crippen LogP contribution in [0.25, 0.3) is 0 Å². The van der Waals surface area contributed by atoms with Crippen molar-refractivity contribution in [2.24, 2.45) is 5.92 Å². The summed E-state index contributed by atoms with van der Waals surface area (Å²) in [4.78, 5) is 26.6. The lowest BCUT2D eigenvalue weighted by Crippen LogP contribution is -2.69. The van der Waals surface area contributed by atoms with E-state index in [4.69, 9.17) is 0 Å². The first-order chi connectivity index (χ1) is 9.32. The standard InChI is InChI=1S/C16H30N2O2/c1-6-7-8-9-10-11-18-14(19)13(12(2)3)17-15(20)16(18,4)5/h12-13H,6-11H2,1-5H3,(H,17,20). The highest BCUT2D eigenvalue weighted by Crippen LogP contribution is 2.24. The van der Waals surface area contributed by atoms with Crippen molar-refractivity contribution in [2.75, 3.05) is 6.54 Å². The molecule has 0 aromatic rings. The average Bonchev–Trinajstić information content (AvgIpc) is 2.37. The molecule has 4 heteroatoms. The van der Waals surface area contributed by atoms with Crippen molar-refractivity contribution < 1.29 is 9.59 Å². The van der Waals surface area contributed by atoms with Crippen LogP contribution in [0.2, 0.25) is 0 Å². The average molecular weight is 282 g/mol. The van der Waals surface area contributed by atoms with E-state index in [9.17, 15) is 9.59 Å². The van der Waals surface area contributed by atoms with Gasteiger partial charge in [-0.15, -0.1) is 0 Å². The highest BCUT2D eigenvalue weighted by atomic mass is 16.2. The lowest BCUT2D eigenvalue weighted by molar-refractivity contribution is -0.156. The molecule has 1 unspecified atom stereocenters. The summed E-state index contributed by atoms with van der Waals surface area (Å²) in [5, 5.41) is 2.87. The molecule has 0 radical (unpaired) electrons. The first kappa shape index (κ1) is 17.0. The second-order valence-electron chi connectivity index (χ2n) is 6.66. The number of hydrogen-bond donors (Lipinski definition) is 1. The zero-order valence-electron chi connectivity index (χ0n) is 13.7. The van der Waals surface area contributed by atoms with E-state index in [2.05, 4.69) is 12.2 Å². The molecule has 1 rings (SSSR count). The van der Waals surface area contributed by atoms with Crippen LogP contribution in [-0.4, -0.2) is 34.8 Å². The molecule has 0 bridgehead atoms. The van der Waals surface area contributed by atoms with Gasteiger partial charge in [0.1, 0.15) is 11.6 Å². The summed E-state index contributed by atoms with van der Waals surface area (Å²) < 4.78 is 0. The number of nitrogens with one attached hydrogen (secondary N) is 1. The van der Waals surface area contributed by atoms with E-state index in [-0.39, 0.29) is 23.8 Å². The second-order valence-corrected chi connectivity index (χ2v) is 6.66. The molecular weight excluding hydrogens is 252 g/mol. The molecule has 1 atom stereocenters. The molecule has 0 spiro atoms. The number of unbranched alkanes of at least 4 members (excludes halogenated alkanes) is 4. The third-order valence-corrected chi connectivity index (χ3v) is 4.20. The zero-order chi connectivity index (χ0) is 15.3. The molecule has 1 aliphatic rings. The van der Waals surface area contributed by atoms with E-state index in [1.165, 1.54) is 19.3 Å². The molecule has 1 fully saturated rings. The topological polar surface area (TPSA) is 49.4 Å². The molecule has 0 aromatic carbocycles. The van der Waals surface area contributed by atoms with Gasteiger partial charge in [0.05, 0.1) is 0 Å². The van der Waals surface area contributed by atoms with E-state index < -0.39 is 5.54 Å². The molecule has 1 aliphatic heterocycles. The molecule has 1 saturated heterocycles. The number of carbonyl (C=O) groups excluding carboxylic acids is 2. The Bertz CT molecular complexity index is 350. The molecule has 0 aliphatic carbocycles. The Morgan fingerprint density at radius 1 is 1.15 bits per heavy atom. The van der Waals surface area contributed by atoms with E-state index >= 15 is 0 Å².